The van der Waals surface area contributed by atoms with Crippen molar-refractivity contribution in [1.29, 1.82) is 0 Å². The lowest BCUT2D eigenvalue weighted by atomic mass is 9.95. The first-order valence-corrected chi connectivity index (χ1v) is 17.2. The molecular weight excluding hydrogens is 420 g/mol. The minimum atomic E-state index is 0.966. The molecule has 0 nitrogen and oxygen atoms in total. The van der Waals surface area contributed by atoms with Gasteiger partial charge >= 0.3 is 0 Å². The van der Waals surface area contributed by atoms with Crippen LogP contribution in [0.25, 0.3) is 0 Å². The summed E-state index contributed by atoms with van der Waals surface area (Å²) in [5.41, 5.74) is 0. The lowest BCUT2D eigenvalue weighted by molar-refractivity contribution is 0.425. The monoisotopic (exact) mass is 493 g/mol. The molecule has 0 bridgehead atoms. The summed E-state index contributed by atoms with van der Waals surface area (Å²) in [5.74, 6) is 1.93. The Morgan fingerprint density at radius 2 is 0.429 bits per heavy atom. The average Bonchev–Trinajstić information content (AvgIpc) is 2.85. The summed E-state index contributed by atoms with van der Waals surface area (Å²) in [6.45, 7) is 9.61. The van der Waals surface area contributed by atoms with Crippen LogP contribution in [-0.2, 0) is 0 Å². The van der Waals surface area contributed by atoms with E-state index in [1.54, 1.807) is 0 Å². The smallest absolute Gasteiger partial charge is 0.0443 e. The fraction of sp³-hybridized carbons (Fsp3) is 1.00. The second-order valence-electron chi connectivity index (χ2n) is 12.5. The lowest BCUT2D eigenvalue weighted by Crippen LogP contribution is -1.95. The number of rotatable bonds is 30. The second kappa shape index (κ2) is 30.2. The third-order valence-corrected chi connectivity index (χ3v) is 8.49. The molecule has 0 aliphatic carbocycles. The van der Waals surface area contributed by atoms with Gasteiger partial charge in [0.25, 0.3) is 0 Å². The minimum Gasteiger partial charge on any atom is -0.0654 e. The van der Waals surface area contributed by atoms with Crippen molar-refractivity contribution < 1.29 is 0 Å². The molecule has 35 heavy (non-hydrogen) atoms. The van der Waals surface area contributed by atoms with E-state index in [2.05, 4.69) is 27.7 Å². The first-order valence-electron chi connectivity index (χ1n) is 17.2. The molecule has 0 aromatic carbocycles. The van der Waals surface area contributed by atoms with Crippen molar-refractivity contribution in [2.45, 2.75) is 214 Å². The summed E-state index contributed by atoms with van der Waals surface area (Å²) in [5, 5.41) is 0. The van der Waals surface area contributed by atoms with Gasteiger partial charge in [-0.15, -0.1) is 0 Å². The Labute approximate surface area is 225 Å². The SMILES string of the molecule is CCCCCCCCCC[C@H](C)CCCCCCCCCCC[C@@H](C)CCCCCCCCCC. The molecule has 0 unspecified atom stereocenters. The van der Waals surface area contributed by atoms with Crippen molar-refractivity contribution in [1.82, 2.24) is 0 Å². The quantitative estimate of drug-likeness (QED) is 0.0874. The summed E-state index contributed by atoms with van der Waals surface area (Å²) < 4.78 is 0. The van der Waals surface area contributed by atoms with Crippen molar-refractivity contribution in [3.8, 4) is 0 Å². The molecule has 0 fully saturated rings. The molecule has 0 aliphatic heterocycles. The predicted molar refractivity (Wildman–Crippen MR) is 164 cm³/mol. The van der Waals surface area contributed by atoms with Gasteiger partial charge in [0.1, 0.15) is 0 Å². The van der Waals surface area contributed by atoms with E-state index < -0.39 is 0 Å². The van der Waals surface area contributed by atoms with E-state index in [1.165, 1.54) is 186 Å². The van der Waals surface area contributed by atoms with E-state index in [9.17, 15) is 0 Å². The van der Waals surface area contributed by atoms with Crippen molar-refractivity contribution in [2.75, 3.05) is 0 Å². The van der Waals surface area contributed by atoms with Gasteiger partial charge < -0.3 is 0 Å². The molecule has 0 rings (SSSR count). The van der Waals surface area contributed by atoms with Crippen LogP contribution in [0, 0.1) is 11.8 Å². The van der Waals surface area contributed by atoms with E-state index in [4.69, 9.17) is 0 Å². The number of hydrogen-bond acceptors (Lipinski definition) is 0. The summed E-state index contributed by atoms with van der Waals surface area (Å²) in [6, 6.07) is 0. The number of hydrogen-bond donors (Lipinski definition) is 0. The third-order valence-electron chi connectivity index (χ3n) is 8.49. The Morgan fingerprint density at radius 3 is 0.629 bits per heavy atom. The Morgan fingerprint density at radius 1 is 0.257 bits per heavy atom. The van der Waals surface area contributed by atoms with Crippen LogP contribution in [-0.4, -0.2) is 0 Å². The Balaban J connectivity index is 3.21. The second-order valence-corrected chi connectivity index (χ2v) is 12.5. The van der Waals surface area contributed by atoms with Crippen LogP contribution in [0.15, 0.2) is 0 Å². The maximum Gasteiger partial charge on any atom is -0.0443 e. The van der Waals surface area contributed by atoms with E-state index in [0.717, 1.165) is 11.8 Å². The molecule has 0 saturated heterocycles. The third kappa shape index (κ3) is 30.1. The van der Waals surface area contributed by atoms with Gasteiger partial charge in [-0.25, -0.2) is 0 Å². The number of unbranched alkanes of at least 4 members (excludes halogenated alkanes) is 22. The van der Waals surface area contributed by atoms with Crippen molar-refractivity contribution in [3.63, 3.8) is 0 Å². The highest BCUT2D eigenvalue weighted by atomic mass is 14.1. The van der Waals surface area contributed by atoms with Crippen LogP contribution in [0.5, 0.6) is 0 Å². The summed E-state index contributed by atoms with van der Waals surface area (Å²) in [6.07, 6.45) is 42.6. The Hall–Kier alpha value is 0. The van der Waals surface area contributed by atoms with Crippen molar-refractivity contribution >= 4 is 0 Å². The zero-order valence-corrected chi connectivity index (χ0v) is 25.7. The molecule has 0 N–H and O–H groups in total. The zero-order chi connectivity index (χ0) is 25.7. The fourth-order valence-corrected chi connectivity index (χ4v) is 5.77. The van der Waals surface area contributed by atoms with Crippen LogP contribution < -0.4 is 0 Å². The molecule has 0 radical (unpaired) electrons. The summed E-state index contributed by atoms with van der Waals surface area (Å²) in [7, 11) is 0. The van der Waals surface area contributed by atoms with Crippen LogP contribution in [0.3, 0.4) is 0 Å². The van der Waals surface area contributed by atoms with E-state index in [0.29, 0.717) is 0 Å². The normalized spacial score (nSPS) is 13.4. The van der Waals surface area contributed by atoms with E-state index in [1.807, 2.05) is 0 Å². The van der Waals surface area contributed by atoms with E-state index >= 15 is 0 Å². The predicted octanol–water partition coefficient (Wildman–Crippen LogP) is 13.6. The molecule has 0 heterocycles. The Kier molecular flexibility index (Phi) is 30.2. The van der Waals surface area contributed by atoms with Gasteiger partial charge in [0.15, 0.2) is 0 Å². The average molecular weight is 493 g/mol. The molecule has 212 valence electrons. The van der Waals surface area contributed by atoms with E-state index in [-0.39, 0.29) is 0 Å². The summed E-state index contributed by atoms with van der Waals surface area (Å²) >= 11 is 0. The van der Waals surface area contributed by atoms with Crippen LogP contribution in [0.4, 0.5) is 0 Å². The first-order chi connectivity index (χ1) is 17.2. The largest absolute Gasteiger partial charge is 0.0654 e. The van der Waals surface area contributed by atoms with Gasteiger partial charge in [-0.05, 0) is 11.8 Å². The molecular formula is C35H72. The molecule has 0 amide bonds. The van der Waals surface area contributed by atoms with Crippen molar-refractivity contribution in [2.24, 2.45) is 11.8 Å². The molecule has 0 spiro atoms. The first kappa shape index (κ1) is 35.0. The van der Waals surface area contributed by atoms with Gasteiger partial charge in [-0.3, -0.25) is 0 Å². The van der Waals surface area contributed by atoms with Gasteiger partial charge in [-0.1, -0.05) is 214 Å². The fourth-order valence-electron chi connectivity index (χ4n) is 5.77. The molecule has 0 aliphatic rings. The molecule has 0 saturated carbocycles. The molecule has 0 aromatic heterocycles. The van der Waals surface area contributed by atoms with Crippen LogP contribution in [0.2, 0.25) is 0 Å². The van der Waals surface area contributed by atoms with Gasteiger partial charge in [-0.2, -0.15) is 0 Å². The maximum absolute atomic E-state index is 2.50. The summed E-state index contributed by atoms with van der Waals surface area (Å²) in [4.78, 5) is 0. The molecule has 2 atom stereocenters. The van der Waals surface area contributed by atoms with Crippen LogP contribution >= 0.6 is 0 Å². The van der Waals surface area contributed by atoms with Gasteiger partial charge in [0.2, 0.25) is 0 Å². The van der Waals surface area contributed by atoms with Gasteiger partial charge in [0.05, 0.1) is 0 Å². The van der Waals surface area contributed by atoms with Crippen molar-refractivity contribution in [3.05, 3.63) is 0 Å². The molecule has 0 heteroatoms. The van der Waals surface area contributed by atoms with Crippen LogP contribution in [0.1, 0.15) is 214 Å². The lowest BCUT2D eigenvalue weighted by Gasteiger charge is -2.11. The Bertz CT molecular complexity index is 325. The highest BCUT2D eigenvalue weighted by Gasteiger charge is 2.04. The topological polar surface area (TPSA) is 0 Å². The maximum atomic E-state index is 2.50. The standard InChI is InChI=1S/C35H72/c1-5-7-9-11-13-18-22-26-30-34(3)32-28-24-20-16-15-17-21-25-29-33-35(4)31-27-23-19-14-12-10-8-6-2/h34-35H,5-33H2,1-4H3/t34-,35-/m0/s1. The minimum absolute atomic E-state index is 0.966. The highest BCUT2D eigenvalue weighted by Crippen LogP contribution is 2.20. The van der Waals surface area contributed by atoms with Gasteiger partial charge in [0, 0.05) is 0 Å². The highest BCUT2D eigenvalue weighted by molar-refractivity contribution is 4.58. The zero-order valence-electron chi connectivity index (χ0n) is 25.7. The molecule has 0 aromatic rings.